The normalized spacial score (nSPS) is 30.0. The molecule has 0 radical (unpaired) electrons. The zero-order chi connectivity index (χ0) is 14.8. The molecular formula is C17H35N3. The van der Waals surface area contributed by atoms with Crippen molar-refractivity contribution >= 4 is 0 Å². The molecule has 2 saturated heterocycles. The Morgan fingerprint density at radius 2 is 1.85 bits per heavy atom. The van der Waals surface area contributed by atoms with E-state index in [0.717, 1.165) is 18.4 Å². The van der Waals surface area contributed by atoms with Crippen molar-refractivity contribution in [2.24, 2.45) is 11.8 Å². The molecule has 0 aromatic carbocycles. The molecule has 2 fully saturated rings. The van der Waals surface area contributed by atoms with E-state index < -0.39 is 0 Å². The number of hydrogen-bond acceptors (Lipinski definition) is 3. The average molecular weight is 281 g/mol. The third-order valence-corrected chi connectivity index (χ3v) is 5.27. The Kier molecular flexibility index (Phi) is 5.49. The highest BCUT2D eigenvalue weighted by molar-refractivity contribution is 4.94. The fourth-order valence-electron chi connectivity index (χ4n) is 3.87. The van der Waals surface area contributed by atoms with Crippen LogP contribution in [0.5, 0.6) is 0 Å². The number of hydrogen-bond donors (Lipinski definition) is 1. The second-order valence-corrected chi connectivity index (χ2v) is 7.88. The number of nitrogens with zero attached hydrogens (tertiary/aromatic N) is 2. The van der Waals surface area contributed by atoms with Crippen molar-refractivity contribution in [1.29, 1.82) is 0 Å². The number of likely N-dealkylation sites (tertiary alicyclic amines) is 1. The number of piperidine rings is 1. The third-order valence-electron chi connectivity index (χ3n) is 5.27. The van der Waals surface area contributed by atoms with Gasteiger partial charge in [-0.1, -0.05) is 20.8 Å². The van der Waals surface area contributed by atoms with Crippen molar-refractivity contribution < 1.29 is 0 Å². The monoisotopic (exact) mass is 281 g/mol. The Morgan fingerprint density at radius 1 is 1.20 bits per heavy atom. The molecule has 3 nitrogen and oxygen atoms in total. The lowest BCUT2D eigenvalue weighted by atomic mass is 9.89. The molecule has 0 spiro atoms. The van der Waals surface area contributed by atoms with Crippen molar-refractivity contribution in [3.05, 3.63) is 0 Å². The molecule has 0 bridgehead atoms. The van der Waals surface area contributed by atoms with Gasteiger partial charge < -0.3 is 10.2 Å². The van der Waals surface area contributed by atoms with Gasteiger partial charge in [0.25, 0.3) is 0 Å². The van der Waals surface area contributed by atoms with Gasteiger partial charge in [0.15, 0.2) is 0 Å². The summed E-state index contributed by atoms with van der Waals surface area (Å²) in [6.07, 6.45) is 2.78. The molecule has 2 aliphatic heterocycles. The first kappa shape index (κ1) is 16.3. The summed E-state index contributed by atoms with van der Waals surface area (Å²) >= 11 is 0. The quantitative estimate of drug-likeness (QED) is 0.854. The minimum Gasteiger partial charge on any atom is -0.309 e. The lowest BCUT2D eigenvalue weighted by Gasteiger charge is -2.48. The Bertz CT molecular complexity index is 293. The highest BCUT2D eigenvalue weighted by atomic mass is 15.3. The van der Waals surface area contributed by atoms with E-state index >= 15 is 0 Å². The summed E-state index contributed by atoms with van der Waals surface area (Å²) < 4.78 is 0. The van der Waals surface area contributed by atoms with Crippen LogP contribution in [0, 0.1) is 11.8 Å². The maximum Gasteiger partial charge on any atom is 0.0252 e. The van der Waals surface area contributed by atoms with Gasteiger partial charge in [0.05, 0.1) is 0 Å². The summed E-state index contributed by atoms with van der Waals surface area (Å²) in [6.45, 7) is 19.2. The highest BCUT2D eigenvalue weighted by Gasteiger charge is 2.35. The van der Waals surface area contributed by atoms with Crippen molar-refractivity contribution in [2.75, 3.05) is 39.3 Å². The number of piperazine rings is 1. The van der Waals surface area contributed by atoms with E-state index in [1.807, 2.05) is 0 Å². The molecule has 1 N–H and O–H groups in total. The summed E-state index contributed by atoms with van der Waals surface area (Å²) in [4.78, 5) is 5.38. The van der Waals surface area contributed by atoms with E-state index in [1.54, 1.807) is 0 Å². The molecule has 2 rings (SSSR count). The second kappa shape index (κ2) is 6.76. The molecule has 1 atom stereocenters. The van der Waals surface area contributed by atoms with E-state index in [9.17, 15) is 0 Å². The van der Waals surface area contributed by atoms with Gasteiger partial charge in [0, 0.05) is 31.2 Å². The molecule has 0 saturated carbocycles. The molecule has 0 aromatic rings. The van der Waals surface area contributed by atoms with Gasteiger partial charge in [-0.05, 0) is 58.2 Å². The van der Waals surface area contributed by atoms with E-state index in [1.165, 1.54) is 45.6 Å². The lowest BCUT2D eigenvalue weighted by molar-refractivity contribution is 0.0429. The minimum absolute atomic E-state index is 0.273. The molecule has 0 aromatic heterocycles. The molecule has 2 heterocycles. The summed E-state index contributed by atoms with van der Waals surface area (Å²) in [7, 11) is 0. The minimum atomic E-state index is 0.273. The first-order chi connectivity index (χ1) is 9.41. The summed E-state index contributed by atoms with van der Waals surface area (Å²) in [5, 5.41) is 3.72. The van der Waals surface area contributed by atoms with E-state index in [4.69, 9.17) is 0 Å². The maximum absolute atomic E-state index is 3.72. The molecule has 118 valence electrons. The smallest absolute Gasteiger partial charge is 0.0252 e. The largest absolute Gasteiger partial charge is 0.309 e. The van der Waals surface area contributed by atoms with Crippen LogP contribution in [0.4, 0.5) is 0 Å². The van der Waals surface area contributed by atoms with Gasteiger partial charge in [-0.25, -0.2) is 0 Å². The van der Waals surface area contributed by atoms with E-state index in [-0.39, 0.29) is 5.54 Å². The Labute approximate surface area is 126 Å². The molecule has 3 heteroatoms. The predicted octanol–water partition coefficient (Wildman–Crippen LogP) is 2.43. The van der Waals surface area contributed by atoms with Crippen LogP contribution in [0.2, 0.25) is 0 Å². The zero-order valence-electron chi connectivity index (χ0n) is 14.3. The molecule has 0 aliphatic carbocycles. The SMILES string of the molecule is CCN1CCC(CN2CC(C)(C)NCC2C(C)C)CC1. The van der Waals surface area contributed by atoms with Crippen molar-refractivity contribution in [1.82, 2.24) is 15.1 Å². The molecule has 1 unspecified atom stereocenters. The van der Waals surface area contributed by atoms with Crippen molar-refractivity contribution in [3.63, 3.8) is 0 Å². The molecule has 0 amide bonds. The van der Waals surface area contributed by atoms with Gasteiger partial charge in [-0.3, -0.25) is 4.90 Å². The highest BCUT2D eigenvalue weighted by Crippen LogP contribution is 2.25. The van der Waals surface area contributed by atoms with Gasteiger partial charge in [0.1, 0.15) is 0 Å². The zero-order valence-corrected chi connectivity index (χ0v) is 14.3. The topological polar surface area (TPSA) is 18.5 Å². The summed E-state index contributed by atoms with van der Waals surface area (Å²) in [5.41, 5.74) is 0.273. The Hall–Kier alpha value is -0.120. The van der Waals surface area contributed by atoms with Crippen molar-refractivity contribution in [2.45, 2.75) is 59.0 Å². The first-order valence-electron chi connectivity index (χ1n) is 8.62. The fourth-order valence-corrected chi connectivity index (χ4v) is 3.87. The standard InChI is InChI=1S/C17H35N3/c1-6-19-9-7-15(8-10-19)12-20-13-17(4,5)18-11-16(20)14(2)3/h14-16,18H,6-13H2,1-5H3. The van der Waals surface area contributed by atoms with E-state index in [2.05, 4.69) is 49.7 Å². The van der Waals surface area contributed by atoms with Crippen molar-refractivity contribution in [3.8, 4) is 0 Å². The van der Waals surface area contributed by atoms with Crippen LogP contribution in [0.1, 0.15) is 47.5 Å². The van der Waals surface area contributed by atoms with Crippen LogP contribution in [0.3, 0.4) is 0 Å². The molecule has 2 aliphatic rings. The molecule has 20 heavy (non-hydrogen) atoms. The fraction of sp³-hybridized carbons (Fsp3) is 1.00. The number of nitrogens with one attached hydrogen (secondary N) is 1. The third kappa shape index (κ3) is 4.19. The van der Waals surface area contributed by atoms with Gasteiger partial charge in [-0.2, -0.15) is 0 Å². The van der Waals surface area contributed by atoms with Gasteiger partial charge in [-0.15, -0.1) is 0 Å². The second-order valence-electron chi connectivity index (χ2n) is 7.88. The van der Waals surface area contributed by atoms with Gasteiger partial charge >= 0.3 is 0 Å². The van der Waals surface area contributed by atoms with Gasteiger partial charge in [0.2, 0.25) is 0 Å². The van der Waals surface area contributed by atoms with E-state index in [0.29, 0.717) is 6.04 Å². The van der Waals surface area contributed by atoms with Crippen LogP contribution in [-0.2, 0) is 0 Å². The van der Waals surface area contributed by atoms with Crippen LogP contribution in [0.25, 0.3) is 0 Å². The predicted molar refractivity (Wildman–Crippen MR) is 87.1 cm³/mol. The Morgan fingerprint density at radius 3 is 2.40 bits per heavy atom. The van der Waals surface area contributed by atoms with Crippen LogP contribution in [0.15, 0.2) is 0 Å². The summed E-state index contributed by atoms with van der Waals surface area (Å²) in [6, 6.07) is 0.715. The van der Waals surface area contributed by atoms with Crippen LogP contribution >= 0.6 is 0 Å². The van der Waals surface area contributed by atoms with Crippen LogP contribution in [-0.4, -0.2) is 60.6 Å². The Balaban J connectivity index is 1.91. The van der Waals surface area contributed by atoms with Crippen LogP contribution < -0.4 is 5.32 Å². The number of rotatable bonds is 4. The summed E-state index contributed by atoms with van der Waals surface area (Å²) in [5.74, 6) is 1.65. The maximum atomic E-state index is 3.72. The molecular weight excluding hydrogens is 246 g/mol. The lowest BCUT2D eigenvalue weighted by Crippen LogP contribution is -2.63. The average Bonchev–Trinajstić information content (AvgIpc) is 2.38. The first-order valence-corrected chi connectivity index (χ1v) is 8.62.